The van der Waals surface area contributed by atoms with Crippen LogP contribution < -0.4 is 0 Å². The highest BCUT2D eigenvalue weighted by Gasteiger charge is 2.56. The third-order valence-electron chi connectivity index (χ3n) is 6.30. The van der Waals surface area contributed by atoms with E-state index < -0.39 is 24.9 Å². The number of rotatable bonds is 4. The molecule has 0 fully saturated rings. The normalized spacial score (nSPS) is 16.0. The fourth-order valence-electron chi connectivity index (χ4n) is 3.22. The summed E-state index contributed by atoms with van der Waals surface area (Å²) in [4.78, 5) is 0. The molecule has 3 nitrogen and oxygen atoms in total. The van der Waals surface area contributed by atoms with Crippen molar-refractivity contribution < 1.29 is 13.0 Å². The SMILES string of the molecule is CC(C)(C)[Si](C)(O[PH](=O)O[Si](C)(C(C)(C)C)C(C)(C)C)C(C)(C)C. The molecular formula is C18H43O3PSi2. The standard InChI is InChI=1S/C18H43O3PSi2/c1-15(2,3)23(13,16(4,5)6)20-22(19)21-24(14,17(7,8)9)18(10,11)12/h22H,1-14H3. The molecule has 0 bridgehead atoms. The molecule has 0 aliphatic rings. The summed E-state index contributed by atoms with van der Waals surface area (Å²) in [7, 11) is -7.17. The zero-order chi connectivity index (χ0) is 20.0. The highest BCUT2D eigenvalue weighted by atomic mass is 31.1. The van der Waals surface area contributed by atoms with Gasteiger partial charge in [0.1, 0.15) is 0 Å². The van der Waals surface area contributed by atoms with Crippen molar-refractivity contribution in [3.63, 3.8) is 0 Å². The van der Waals surface area contributed by atoms with Gasteiger partial charge in [-0.15, -0.1) is 0 Å². The Hall–Kier alpha value is 0.584. The van der Waals surface area contributed by atoms with Crippen molar-refractivity contribution in [2.45, 2.75) is 116 Å². The van der Waals surface area contributed by atoms with Gasteiger partial charge in [0.2, 0.25) is 16.6 Å². The largest absolute Gasteiger partial charge is 0.352 e. The van der Waals surface area contributed by atoms with Crippen molar-refractivity contribution in [1.29, 1.82) is 0 Å². The molecule has 0 aliphatic carbocycles. The second-order valence-electron chi connectivity index (χ2n) is 11.5. The van der Waals surface area contributed by atoms with Crippen LogP contribution in [-0.4, -0.2) is 16.6 Å². The molecule has 146 valence electrons. The van der Waals surface area contributed by atoms with Crippen LogP contribution in [-0.2, 0) is 13.0 Å². The maximum atomic E-state index is 13.1. The fourth-order valence-corrected chi connectivity index (χ4v) is 15.8. The topological polar surface area (TPSA) is 35.5 Å². The number of hydrogen-bond donors (Lipinski definition) is 0. The number of hydrogen-bond acceptors (Lipinski definition) is 3. The Morgan fingerprint density at radius 2 is 0.708 bits per heavy atom. The molecule has 0 N–H and O–H groups in total. The fraction of sp³-hybridized carbons (Fsp3) is 1.00. The Bertz CT molecular complexity index is 393. The Balaban J connectivity index is 5.74. The van der Waals surface area contributed by atoms with E-state index in [9.17, 15) is 4.57 Å². The van der Waals surface area contributed by atoms with Crippen LogP contribution in [0.2, 0.25) is 33.2 Å². The molecule has 0 heterocycles. The van der Waals surface area contributed by atoms with Crippen LogP contribution in [0.15, 0.2) is 0 Å². The summed E-state index contributed by atoms with van der Waals surface area (Å²) in [5.74, 6) is 0. The average Bonchev–Trinajstić information content (AvgIpc) is 2.21. The van der Waals surface area contributed by atoms with Crippen molar-refractivity contribution in [2.24, 2.45) is 0 Å². The lowest BCUT2D eigenvalue weighted by Gasteiger charge is -2.50. The van der Waals surface area contributed by atoms with E-state index in [1.54, 1.807) is 0 Å². The van der Waals surface area contributed by atoms with Crippen LogP contribution in [0.1, 0.15) is 83.1 Å². The lowest BCUT2D eigenvalue weighted by atomic mass is 10.2. The maximum absolute atomic E-state index is 13.1. The van der Waals surface area contributed by atoms with Crippen molar-refractivity contribution in [1.82, 2.24) is 0 Å². The van der Waals surface area contributed by atoms with Gasteiger partial charge in [0.05, 0.1) is 0 Å². The summed E-state index contributed by atoms with van der Waals surface area (Å²) in [6.07, 6.45) is 0. The monoisotopic (exact) mass is 394 g/mol. The van der Waals surface area contributed by atoms with Gasteiger partial charge in [-0.2, -0.15) is 0 Å². The van der Waals surface area contributed by atoms with Gasteiger partial charge in [-0.1, -0.05) is 83.1 Å². The van der Waals surface area contributed by atoms with E-state index in [1.165, 1.54) is 0 Å². The lowest BCUT2D eigenvalue weighted by molar-refractivity contribution is 0.348. The van der Waals surface area contributed by atoms with E-state index in [4.69, 9.17) is 8.43 Å². The molecule has 6 heteroatoms. The Morgan fingerprint density at radius 1 is 0.542 bits per heavy atom. The molecule has 0 unspecified atom stereocenters. The quantitative estimate of drug-likeness (QED) is 0.361. The summed E-state index contributed by atoms with van der Waals surface area (Å²) < 4.78 is 25.8. The second kappa shape index (κ2) is 6.96. The molecule has 0 spiro atoms. The summed E-state index contributed by atoms with van der Waals surface area (Å²) in [5.41, 5.74) is 0. The average molecular weight is 395 g/mol. The Labute approximate surface area is 154 Å². The van der Waals surface area contributed by atoms with E-state index in [0.717, 1.165) is 0 Å². The Morgan fingerprint density at radius 3 is 0.833 bits per heavy atom. The van der Waals surface area contributed by atoms with Crippen LogP contribution in [0, 0.1) is 0 Å². The first-order valence-corrected chi connectivity index (χ1v) is 15.1. The van der Waals surface area contributed by atoms with Gasteiger partial charge in [-0.3, -0.25) is 4.57 Å². The Kier molecular flexibility index (Phi) is 7.13. The zero-order valence-corrected chi connectivity index (χ0v) is 21.7. The molecule has 0 aromatic rings. The van der Waals surface area contributed by atoms with Gasteiger partial charge < -0.3 is 8.43 Å². The first kappa shape index (κ1) is 24.6. The van der Waals surface area contributed by atoms with Gasteiger partial charge >= 0.3 is 0 Å². The van der Waals surface area contributed by atoms with Crippen molar-refractivity contribution in [3.8, 4) is 0 Å². The van der Waals surface area contributed by atoms with Crippen LogP contribution in [0.3, 0.4) is 0 Å². The van der Waals surface area contributed by atoms with E-state index >= 15 is 0 Å². The minimum absolute atomic E-state index is 0.0175. The molecule has 0 aromatic carbocycles. The van der Waals surface area contributed by atoms with Gasteiger partial charge in [-0.05, 0) is 33.2 Å². The van der Waals surface area contributed by atoms with Crippen LogP contribution >= 0.6 is 8.25 Å². The van der Waals surface area contributed by atoms with E-state index in [0.29, 0.717) is 0 Å². The van der Waals surface area contributed by atoms with Crippen LogP contribution in [0.4, 0.5) is 0 Å². The minimum atomic E-state index is -2.56. The van der Waals surface area contributed by atoms with Gasteiger partial charge in [0, 0.05) is 0 Å². The second-order valence-corrected chi connectivity index (χ2v) is 23.8. The molecule has 0 aromatic heterocycles. The summed E-state index contributed by atoms with van der Waals surface area (Å²) in [6.45, 7) is 30.8. The first-order valence-electron chi connectivity index (χ1n) is 9.02. The summed E-state index contributed by atoms with van der Waals surface area (Å²) >= 11 is 0. The summed E-state index contributed by atoms with van der Waals surface area (Å²) in [6, 6.07) is 0. The van der Waals surface area contributed by atoms with Crippen LogP contribution in [0.25, 0.3) is 0 Å². The van der Waals surface area contributed by atoms with Gasteiger partial charge in [0.25, 0.3) is 8.25 Å². The molecular weight excluding hydrogens is 351 g/mol. The van der Waals surface area contributed by atoms with Crippen molar-refractivity contribution in [2.75, 3.05) is 0 Å². The molecule has 0 amide bonds. The van der Waals surface area contributed by atoms with E-state index in [2.05, 4.69) is 96.2 Å². The molecule has 0 aliphatic heterocycles. The zero-order valence-electron chi connectivity index (χ0n) is 18.7. The summed E-state index contributed by atoms with van der Waals surface area (Å²) in [5, 5.41) is -0.0700. The third kappa shape index (κ3) is 4.85. The predicted molar refractivity (Wildman–Crippen MR) is 113 cm³/mol. The molecule has 24 heavy (non-hydrogen) atoms. The predicted octanol–water partition coefficient (Wildman–Crippen LogP) is 7.76. The highest BCUT2D eigenvalue weighted by Crippen LogP contribution is 2.59. The van der Waals surface area contributed by atoms with E-state index in [-0.39, 0.29) is 20.2 Å². The molecule has 0 radical (unpaired) electrons. The molecule has 0 rings (SSSR count). The highest BCUT2D eigenvalue weighted by molar-refractivity contribution is 7.38. The first-order chi connectivity index (χ1) is 10.1. The smallest absolute Gasteiger partial charge is 0.299 e. The van der Waals surface area contributed by atoms with Gasteiger partial charge in [0.15, 0.2) is 0 Å². The molecule has 0 atom stereocenters. The van der Waals surface area contributed by atoms with Gasteiger partial charge in [-0.25, -0.2) is 0 Å². The molecule has 0 saturated heterocycles. The molecule has 0 saturated carbocycles. The minimum Gasteiger partial charge on any atom is -0.352 e. The maximum Gasteiger partial charge on any atom is 0.299 e. The third-order valence-corrected chi connectivity index (χ3v) is 22.3. The lowest BCUT2D eigenvalue weighted by Crippen LogP contribution is -2.53. The van der Waals surface area contributed by atoms with Crippen molar-refractivity contribution in [3.05, 3.63) is 0 Å². The van der Waals surface area contributed by atoms with Crippen molar-refractivity contribution >= 4 is 24.9 Å². The van der Waals surface area contributed by atoms with E-state index in [1.807, 2.05) is 0 Å². The van der Waals surface area contributed by atoms with Crippen LogP contribution in [0.5, 0.6) is 0 Å².